The summed E-state index contributed by atoms with van der Waals surface area (Å²) in [7, 11) is 1.40. The molecule has 7 heteroatoms. The van der Waals surface area contributed by atoms with Crippen molar-refractivity contribution in [3.63, 3.8) is 0 Å². The average Bonchev–Trinajstić information content (AvgIpc) is 3.13. The predicted molar refractivity (Wildman–Crippen MR) is 114 cm³/mol. The molecule has 1 aliphatic heterocycles. The van der Waals surface area contributed by atoms with Gasteiger partial charge in [-0.25, -0.2) is 9.78 Å². The first kappa shape index (κ1) is 20.4. The Morgan fingerprint density at radius 3 is 2.80 bits per heavy atom. The lowest BCUT2D eigenvalue weighted by atomic mass is 9.77. The lowest BCUT2D eigenvalue weighted by molar-refractivity contribution is 0.0953. The minimum absolute atomic E-state index is 0.0380. The van der Waals surface area contributed by atoms with E-state index in [2.05, 4.69) is 16.4 Å². The summed E-state index contributed by atoms with van der Waals surface area (Å²) in [6.07, 6.45) is 4.85. The van der Waals surface area contributed by atoms with Gasteiger partial charge in [0.1, 0.15) is 5.82 Å². The number of carbonyl (C=O) groups is 2. The highest BCUT2D eigenvalue weighted by Crippen LogP contribution is 2.42. The molecule has 2 heterocycles. The molecule has 0 spiro atoms. The molecule has 2 aromatic rings. The molecule has 0 bridgehead atoms. The van der Waals surface area contributed by atoms with Crippen LogP contribution >= 0.6 is 0 Å². The fourth-order valence-electron chi connectivity index (χ4n) is 4.28. The second kappa shape index (κ2) is 8.50. The smallest absolute Gasteiger partial charge is 0.409 e. The Morgan fingerprint density at radius 2 is 2.13 bits per heavy atom. The Morgan fingerprint density at radius 1 is 1.33 bits per heavy atom. The first-order valence-corrected chi connectivity index (χ1v) is 10.9. The van der Waals surface area contributed by atoms with Gasteiger partial charge >= 0.3 is 6.09 Å². The van der Waals surface area contributed by atoms with Crippen molar-refractivity contribution < 1.29 is 14.3 Å². The maximum atomic E-state index is 12.7. The molecule has 1 aromatic carbocycles. The van der Waals surface area contributed by atoms with Crippen LogP contribution < -0.4 is 5.32 Å². The molecule has 2 amide bonds. The van der Waals surface area contributed by atoms with Crippen molar-refractivity contribution in [2.45, 2.75) is 58.4 Å². The van der Waals surface area contributed by atoms with Crippen LogP contribution in [0.2, 0.25) is 0 Å². The lowest BCUT2D eigenvalue weighted by Crippen LogP contribution is -2.35. The monoisotopic (exact) mass is 410 g/mol. The van der Waals surface area contributed by atoms with Gasteiger partial charge in [0.2, 0.25) is 0 Å². The third-order valence-corrected chi connectivity index (χ3v) is 6.24. The van der Waals surface area contributed by atoms with Gasteiger partial charge in [-0.2, -0.15) is 0 Å². The van der Waals surface area contributed by atoms with Crippen molar-refractivity contribution >= 4 is 12.0 Å². The second-order valence-electron chi connectivity index (χ2n) is 8.29. The quantitative estimate of drug-likeness (QED) is 0.782. The van der Waals surface area contributed by atoms with Gasteiger partial charge in [0, 0.05) is 30.6 Å². The first-order valence-electron chi connectivity index (χ1n) is 10.9. The van der Waals surface area contributed by atoms with Crippen molar-refractivity contribution in [2.75, 3.05) is 20.2 Å². The van der Waals surface area contributed by atoms with Gasteiger partial charge in [0.25, 0.3) is 5.91 Å². The number of fused-ring (bicyclic) bond motifs is 1. The van der Waals surface area contributed by atoms with E-state index in [9.17, 15) is 9.59 Å². The van der Waals surface area contributed by atoms with Crippen LogP contribution in [0.4, 0.5) is 4.79 Å². The number of hydrogen-bond donors (Lipinski definition) is 2. The van der Waals surface area contributed by atoms with E-state index in [1.165, 1.54) is 31.9 Å². The molecule has 2 aliphatic rings. The molecule has 7 nitrogen and oxygen atoms in total. The minimum atomic E-state index is -0.322. The number of aryl methyl sites for hydroxylation is 1. The van der Waals surface area contributed by atoms with Crippen LogP contribution in [0, 0.1) is 6.92 Å². The predicted octanol–water partition coefficient (Wildman–Crippen LogP) is 3.92. The number of aromatic nitrogens is 2. The fourth-order valence-corrected chi connectivity index (χ4v) is 4.28. The number of nitrogens with one attached hydrogen (secondary N) is 2. The Balaban J connectivity index is 1.71. The number of nitrogens with zero attached hydrogens (tertiary/aromatic N) is 2. The minimum Gasteiger partial charge on any atom is -0.453 e. The molecule has 1 saturated carbocycles. The Bertz CT molecular complexity index is 962. The molecule has 2 N–H and O–H groups in total. The Kier molecular flexibility index (Phi) is 5.79. The molecular weight excluding hydrogens is 380 g/mol. The van der Waals surface area contributed by atoms with Crippen molar-refractivity contribution in [3.05, 3.63) is 40.2 Å². The summed E-state index contributed by atoms with van der Waals surface area (Å²) >= 11 is 0. The van der Waals surface area contributed by atoms with Crippen LogP contribution in [0.25, 0.3) is 11.4 Å². The summed E-state index contributed by atoms with van der Waals surface area (Å²) in [4.78, 5) is 34.6. The summed E-state index contributed by atoms with van der Waals surface area (Å²) in [5.74, 6) is 1.27. The third kappa shape index (κ3) is 3.80. The van der Waals surface area contributed by atoms with Crippen LogP contribution in [0.15, 0.2) is 12.1 Å². The van der Waals surface area contributed by atoms with Crippen LogP contribution in [0.1, 0.15) is 71.4 Å². The zero-order valence-electron chi connectivity index (χ0n) is 18.0. The van der Waals surface area contributed by atoms with E-state index in [0.29, 0.717) is 37.5 Å². The standard InChI is InChI=1S/C23H30N4O3/c1-4-9-24-22(28)16-12-18(17(11-14(16)2)15-6-5-7-15)21-25-19-8-10-27(23(29)30-3)13-20(19)26-21/h11-12,15H,4-10,13H2,1-3H3,(H,24,28)(H,25,26). The molecule has 4 rings (SSSR count). The third-order valence-electron chi connectivity index (χ3n) is 6.24. The maximum absolute atomic E-state index is 12.7. The number of amides is 2. The number of benzene rings is 1. The fraction of sp³-hybridized carbons (Fsp3) is 0.522. The number of aromatic amines is 1. The summed E-state index contributed by atoms with van der Waals surface area (Å²) < 4.78 is 4.86. The molecule has 0 atom stereocenters. The molecular formula is C23H30N4O3. The van der Waals surface area contributed by atoms with Crippen molar-refractivity contribution in [2.24, 2.45) is 0 Å². The molecule has 1 aliphatic carbocycles. The zero-order chi connectivity index (χ0) is 21.3. The van der Waals surface area contributed by atoms with Crippen LogP contribution in [-0.2, 0) is 17.7 Å². The molecule has 160 valence electrons. The largest absolute Gasteiger partial charge is 0.453 e. The van der Waals surface area contributed by atoms with E-state index in [4.69, 9.17) is 9.72 Å². The van der Waals surface area contributed by atoms with Crippen LogP contribution in [0.3, 0.4) is 0 Å². The van der Waals surface area contributed by atoms with E-state index >= 15 is 0 Å². The van der Waals surface area contributed by atoms with E-state index in [1.54, 1.807) is 4.90 Å². The summed E-state index contributed by atoms with van der Waals surface area (Å²) in [5, 5.41) is 2.99. The van der Waals surface area contributed by atoms with Gasteiger partial charge in [-0.1, -0.05) is 19.4 Å². The normalized spacial score (nSPS) is 16.0. The van der Waals surface area contributed by atoms with E-state index in [0.717, 1.165) is 34.8 Å². The molecule has 0 saturated heterocycles. The SMILES string of the molecule is CCCNC(=O)c1cc(-c2nc3c([nH]2)CN(C(=O)OC)CC3)c(C2CCC2)cc1C. The summed E-state index contributed by atoms with van der Waals surface area (Å²) in [6.45, 7) is 5.77. The number of H-pyrrole nitrogens is 1. The van der Waals surface area contributed by atoms with E-state index in [1.807, 2.05) is 19.9 Å². The highest BCUT2D eigenvalue weighted by atomic mass is 16.5. The number of imidazole rings is 1. The number of hydrogen-bond acceptors (Lipinski definition) is 4. The van der Waals surface area contributed by atoms with Gasteiger partial charge < -0.3 is 19.9 Å². The van der Waals surface area contributed by atoms with E-state index in [-0.39, 0.29) is 12.0 Å². The van der Waals surface area contributed by atoms with Crippen molar-refractivity contribution in [3.8, 4) is 11.4 Å². The molecule has 30 heavy (non-hydrogen) atoms. The summed E-state index contributed by atoms with van der Waals surface area (Å²) in [6, 6.07) is 4.17. The summed E-state index contributed by atoms with van der Waals surface area (Å²) in [5.41, 5.74) is 5.91. The second-order valence-corrected chi connectivity index (χ2v) is 8.29. The molecule has 1 fully saturated rings. The number of rotatable bonds is 5. The maximum Gasteiger partial charge on any atom is 0.409 e. The topological polar surface area (TPSA) is 87.3 Å². The Hall–Kier alpha value is -2.83. The van der Waals surface area contributed by atoms with Crippen LogP contribution in [-0.4, -0.2) is 47.1 Å². The van der Waals surface area contributed by atoms with Gasteiger partial charge in [-0.3, -0.25) is 4.79 Å². The number of methoxy groups -OCH3 is 1. The van der Waals surface area contributed by atoms with Gasteiger partial charge in [-0.15, -0.1) is 0 Å². The van der Waals surface area contributed by atoms with Gasteiger partial charge in [0.15, 0.2) is 0 Å². The van der Waals surface area contributed by atoms with Crippen molar-refractivity contribution in [1.29, 1.82) is 0 Å². The number of ether oxygens (including phenoxy) is 1. The van der Waals surface area contributed by atoms with Crippen molar-refractivity contribution in [1.82, 2.24) is 20.2 Å². The first-order chi connectivity index (χ1) is 14.5. The highest BCUT2D eigenvalue weighted by molar-refractivity contribution is 5.97. The van der Waals surface area contributed by atoms with Crippen LogP contribution in [0.5, 0.6) is 0 Å². The average molecular weight is 411 g/mol. The Labute approximate surface area is 177 Å². The molecule has 0 radical (unpaired) electrons. The molecule has 0 unspecified atom stereocenters. The lowest BCUT2D eigenvalue weighted by Gasteiger charge is -2.28. The van der Waals surface area contributed by atoms with Gasteiger partial charge in [-0.05, 0) is 49.3 Å². The van der Waals surface area contributed by atoms with Gasteiger partial charge in [0.05, 0.1) is 25.0 Å². The number of carbonyl (C=O) groups excluding carboxylic acids is 2. The molecule has 1 aromatic heterocycles. The zero-order valence-corrected chi connectivity index (χ0v) is 18.0. The van der Waals surface area contributed by atoms with E-state index < -0.39 is 0 Å². The highest BCUT2D eigenvalue weighted by Gasteiger charge is 2.28.